The quantitative estimate of drug-likeness (QED) is 0.855. The topological polar surface area (TPSA) is 32.3 Å². The summed E-state index contributed by atoms with van der Waals surface area (Å²) < 4.78 is 13.3. The molecule has 1 aromatic carbocycles. The van der Waals surface area contributed by atoms with Crippen LogP contribution in [0.15, 0.2) is 22.7 Å². The van der Waals surface area contributed by atoms with E-state index in [-0.39, 0.29) is 5.82 Å². The third kappa shape index (κ3) is 2.76. The van der Waals surface area contributed by atoms with Crippen LogP contribution in [0.25, 0.3) is 0 Å². The zero-order valence-corrected chi connectivity index (χ0v) is 8.81. The number of likely N-dealkylation sites (N-methyl/N-ethyl adjacent to an activating group) is 1. The standard InChI is InChI=1S/C9H11BrFNO/c1-12-5-9(13)7-3-2-6(11)4-8(7)10/h2-4,9,12-13H,5H2,1H3. The van der Waals surface area contributed by atoms with Gasteiger partial charge in [0.05, 0.1) is 6.10 Å². The molecule has 0 aliphatic rings. The van der Waals surface area contributed by atoms with Crippen molar-refractivity contribution in [3.05, 3.63) is 34.1 Å². The maximum atomic E-state index is 12.7. The first kappa shape index (κ1) is 10.6. The molecular weight excluding hydrogens is 237 g/mol. The van der Waals surface area contributed by atoms with Crippen LogP contribution in [0.2, 0.25) is 0 Å². The van der Waals surface area contributed by atoms with Crippen molar-refractivity contribution in [3.63, 3.8) is 0 Å². The molecule has 0 saturated carbocycles. The van der Waals surface area contributed by atoms with Crippen LogP contribution in [0.4, 0.5) is 4.39 Å². The van der Waals surface area contributed by atoms with Crippen molar-refractivity contribution in [2.24, 2.45) is 0 Å². The summed E-state index contributed by atoms with van der Waals surface area (Å²) in [6, 6.07) is 4.24. The highest BCUT2D eigenvalue weighted by Gasteiger charge is 2.10. The van der Waals surface area contributed by atoms with Gasteiger partial charge in [0, 0.05) is 11.0 Å². The Morgan fingerprint density at radius 3 is 2.85 bits per heavy atom. The fraction of sp³-hybridized carbons (Fsp3) is 0.333. The van der Waals surface area contributed by atoms with Gasteiger partial charge >= 0.3 is 0 Å². The van der Waals surface area contributed by atoms with Gasteiger partial charge in [0.1, 0.15) is 5.82 Å². The second-order valence-electron chi connectivity index (χ2n) is 2.74. The van der Waals surface area contributed by atoms with Crippen molar-refractivity contribution < 1.29 is 9.50 Å². The molecule has 0 aliphatic heterocycles. The van der Waals surface area contributed by atoms with E-state index < -0.39 is 6.10 Å². The van der Waals surface area contributed by atoms with Gasteiger partial charge < -0.3 is 10.4 Å². The molecule has 1 rings (SSSR count). The SMILES string of the molecule is CNCC(O)c1ccc(F)cc1Br. The Morgan fingerprint density at radius 2 is 2.31 bits per heavy atom. The highest BCUT2D eigenvalue weighted by Crippen LogP contribution is 2.23. The van der Waals surface area contributed by atoms with E-state index in [4.69, 9.17) is 0 Å². The van der Waals surface area contributed by atoms with E-state index in [9.17, 15) is 9.50 Å². The summed E-state index contributed by atoms with van der Waals surface area (Å²) in [7, 11) is 1.75. The second-order valence-corrected chi connectivity index (χ2v) is 3.59. The first-order valence-corrected chi connectivity index (χ1v) is 4.72. The summed E-state index contributed by atoms with van der Waals surface area (Å²) >= 11 is 3.19. The molecule has 0 amide bonds. The number of rotatable bonds is 3. The number of halogens is 2. The van der Waals surface area contributed by atoms with Gasteiger partial charge in [0.15, 0.2) is 0 Å². The van der Waals surface area contributed by atoms with E-state index in [1.165, 1.54) is 12.1 Å². The third-order valence-corrected chi connectivity index (χ3v) is 2.41. The van der Waals surface area contributed by atoms with Crippen molar-refractivity contribution in [3.8, 4) is 0 Å². The Balaban J connectivity index is 2.88. The summed E-state index contributed by atoms with van der Waals surface area (Å²) in [4.78, 5) is 0. The molecule has 1 unspecified atom stereocenters. The fourth-order valence-electron chi connectivity index (χ4n) is 1.08. The van der Waals surface area contributed by atoms with Gasteiger partial charge in [-0.1, -0.05) is 22.0 Å². The lowest BCUT2D eigenvalue weighted by Gasteiger charge is -2.11. The number of benzene rings is 1. The van der Waals surface area contributed by atoms with Crippen LogP contribution in [0.1, 0.15) is 11.7 Å². The summed E-state index contributed by atoms with van der Waals surface area (Å²) in [6.07, 6.45) is -0.611. The zero-order valence-electron chi connectivity index (χ0n) is 7.22. The van der Waals surface area contributed by atoms with Gasteiger partial charge in [-0.15, -0.1) is 0 Å². The predicted octanol–water partition coefficient (Wildman–Crippen LogP) is 1.84. The highest BCUT2D eigenvalue weighted by atomic mass is 79.9. The molecule has 72 valence electrons. The zero-order chi connectivity index (χ0) is 9.84. The Morgan fingerprint density at radius 1 is 1.62 bits per heavy atom. The molecule has 4 heteroatoms. The lowest BCUT2D eigenvalue weighted by Crippen LogP contribution is -2.17. The van der Waals surface area contributed by atoms with Crippen LogP contribution in [0, 0.1) is 5.82 Å². The Labute approximate surface area is 84.9 Å². The number of hydrogen-bond donors (Lipinski definition) is 2. The highest BCUT2D eigenvalue weighted by molar-refractivity contribution is 9.10. The summed E-state index contributed by atoms with van der Waals surface area (Å²) in [6.45, 7) is 0.449. The monoisotopic (exact) mass is 247 g/mol. The van der Waals surface area contributed by atoms with Gasteiger partial charge in [0.25, 0.3) is 0 Å². The molecule has 0 aromatic heterocycles. The van der Waals surface area contributed by atoms with E-state index in [0.717, 1.165) is 0 Å². The molecule has 0 aliphatic carbocycles. The predicted molar refractivity (Wildman–Crippen MR) is 53.0 cm³/mol. The van der Waals surface area contributed by atoms with Gasteiger partial charge in [-0.25, -0.2) is 4.39 Å². The molecule has 13 heavy (non-hydrogen) atoms. The first-order valence-electron chi connectivity index (χ1n) is 3.92. The number of aliphatic hydroxyl groups excluding tert-OH is 1. The Hall–Kier alpha value is -0.450. The minimum atomic E-state index is -0.611. The molecule has 0 saturated heterocycles. The van der Waals surface area contributed by atoms with E-state index >= 15 is 0 Å². The lowest BCUT2D eigenvalue weighted by atomic mass is 10.1. The summed E-state index contributed by atoms with van der Waals surface area (Å²) in [5, 5.41) is 12.4. The molecule has 1 aromatic rings. The maximum absolute atomic E-state index is 12.7. The molecule has 0 bridgehead atoms. The summed E-state index contributed by atoms with van der Waals surface area (Å²) in [5.74, 6) is -0.313. The third-order valence-electron chi connectivity index (χ3n) is 1.72. The smallest absolute Gasteiger partial charge is 0.124 e. The molecular formula is C9H11BrFNO. The van der Waals surface area contributed by atoms with Crippen molar-refractivity contribution >= 4 is 15.9 Å². The summed E-state index contributed by atoms with van der Waals surface area (Å²) in [5.41, 5.74) is 0.691. The number of hydrogen-bond acceptors (Lipinski definition) is 2. The first-order chi connectivity index (χ1) is 6.15. The maximum Gasteiger partial charge on any atom is 0.124 e. The Kier molecular flexibility index (Phi) is 3.84. The average molecular weight is 248 g/mol. The van der Waals surface area contributed by atoms with E-state index in [1.54, 1.807) is 13.1 Å². The second kappa shape index (κ2) is 4.69. The van der Waals surface area contributed by atoms with Gasteiger partial charge in [-0.05, 0) is 24.7 Å². The average Bonchev–Trinajstić information content (AvgIpc) is 2.04. The fourth-order valence-corrected chi connectivity index (χ4v) is 1.69. The molecule has 2 N–H and O–H groups in total. The molecule has 1 atom stereocenters. The van der Waals surface area contributed by atoms with Crippen LogP contribution in [-0.4, -0.2) is 18.7 Å². The van der Waals surface area contributed by atoms with Gasteiger partial charge in [0.2, 0.25) is 0 Å². The molecule has 0 fully saturated rings. The van der Waals surface area contributed by atoms with Gasteiger partial charge in [-0.3, -0.25) is 0 Å². The Bertz CT molecular complexity index is 293. The number of nitrogens with one attached hydrogen (secondary N) is 1. The van der Waals surface area contributed by atoms with Crippen molar-refractivity contribution in [2.45, 2.75) is 6.10 Å². The van der Waals surface area contributed by atoms with E-state index in [1.807, 2.05) is 0 Å². The van der Waals surface area contributed by atoms with Crippen LogP contribution >= 0.6 is 15.9 Å². The van der Waals surface area contributed by atoms with Crippen molar-refractivity contribution in [2.75, 3.05) is 13.6 Å². The molecule has 0 radical (unpaired) electrons. The largest absolute Gasteiger partial charge is 0.387 e. The van der Waals surface area contributed by atoms with Crippen molar-refractivity contribution in [1.29, 1.82) is 0 Å². The number of aliphatic hydroxyl groups is 1. The lowest BCUT2D eigenvalue weighted by molar-refractivity contribution is 0.177. The molecule has 0 spiro atoms. The van der Waals surface area contributed by atoms with Gasteiger partial charge in [-0.2, -0.15) is 0 Å². The van der Waals surface area contributed by atoms with Crippen molar-refractivity contribution in [1.82, 2.24) is 5.32 Å². The van der Waals surface area contributed by atoms with Crippen LogP contribution in [0.3, 0.4) is 0 Å². The minimum absolute atomic E-state index is 0.313. The normalized spacial score (nSPS) is 12.9. The minimum Gasteiger partial charge on any atom is -0.387 e. The van der Waals surface area contributed by atoms with E-state index in [2.05, 4.69) is 21.2 Å². The molecule has 2 nitrogen and oxygen atoms in total. The van der Waals surface area contributed by atoms with Crippen LogP contribution in [-0.2, 0) is 0 Å². The van der Waals surface area contributed by atoms with Crippen LogP contribution in [0.5, 0.6) is 0 Å². The van der Waals surface area contributed by atoms with Crippen LogP contribution < -0.4 is 5.32 Å². The van der Waals surface area contributed by atoms with E-state index in [0.29, 0.717) is 16.6 Å². The molecule has 0 heterocycles.